The quantitative estimate of drug-likeness (QED) is 0.383. The molecule has 174 valence electrons. The molecule has 1 aliphatic heterocycles. The predicted molar refractivity (Wildman–Crippen MR) is 131 cm³/mol. The molecule has 6 nitrogen and oxygen atoms in total. The molecule has 1 heterocycles. The zero-order valence-electron chi connectivity index (χ0n) is 19.2. The summed E-state index contributed by atoms with van der Waals surface area (Å²) >= 11 is 0. The van der Waals surface area contributed by atoms with Gasteiger partial charge in [0.1, 0.15) is 0 Å². The molecular weight excluding hydrogens is 450 g/mol. The number of rotatable bonds is 6. The number of sulfone groups is 1. The topological polar surface area (TPSA) is 88.6 Å². The molecule has 0 saturated carbocycles. The van der Waals surface area contributed by atoms with Crippen LogP contribution in [0.1, 0.15) is 63.0 Å². The number of imide groups is 1. The molecule has 0 unspecified atom stereocenters. The Morgan fingerprint density at radius 3 is 2.00 bits per heavy atom. The molecular formula is C27H25NO5S. The van der Waals surface area contributed by atoms with Crippen molar-refractivity contribution in [2.45, 2.75) is 37.7 Å². The summed E-state index contributed by atoms with van der Waals surface area (Å²) in [5.74, 6) is -1.05. The first-order valence-corrected chi connectivity index (χ1v) is 12.5. The summed E-state index contributed by atoms with van der Waals surface area (Å²) in [7, 11) is -3.32. The van der Waals surface area contributed by atoms with E-state index in [0.717, 1.165) is 4.90 Å². The lowest BCUT2D eigenvalue weighted by Gasteiger charge is -2.19. The van der Waals surface area contributed by atoms with Gasteiger partial charge in [-0.15, -0.1) is 0 Å². The molecule has 4 rings (SSSR count). The van der Waals surface area contributed by atoms with Gasteiger partial charge < -0.3 is 0 Å². The van der Waals surface area contributed by atoms with E-state index < -0.39 is 20.5 Å². The molecule has 0 bridgehead atoms. The van der Waals surface area contributed by atoms with Crippen LogP contribution < -0.4 is 4.90 Å². The van der Waals surface area contributed by atoms with Gasteiger partial charge in [-0.05, 0) is 56.2 Å². The number of para-hydroxylation sites is 1. The van der Waals surface area contributed by atoms with Crippen LogP contribution in [0.3, 0.4) is 0 Å². The molecule has 0 aliphatic carbocycles. The minimum Gasteiger partial charge on any atom is -0.294 e. The first kappa shape index (κ1) is 23.6. The zero-order valence-corrected chi connectivity index (χ0v) is 20.1. The van der Waals surface area contributed by atoms with Crippen LogP contribution in [0.2, 0.25) is 0 Å². The number of fused-ring (bicyclic) bond motifs is 1. The molecule has 0 fully saturated rings. The van der Waals surface area contributed by atoms with Gasteiger partial charge in [0, 0.05) is 12.0 Å². The number of anilines is 1. The number of nitrogens with zero attached hydrogens (tertiary/aromatic N) is 1. The minimum atomic E-state index is -3.32. The Balaban J connectivity index is 1.50. The number of carbonyl (C=O) groups excluding carboxylic acids is 3. The van der Waals surface area contributed by atoms with Crippen LogP contribution in [0.5, 0.6) is 0 Å². The second-order valence-electron chi connectivity index (χ2n) is 9.33. The highest BCUT2D eigenvalue weighted by Gasteiger charge is 2.36. The zero-order chi connectivity index (χ0) is 24.7. The fraction of sp³-hybridized carbons (Fsp3) is 0.222. The molecule has 0 aromatic heterocycles. The first-order chi connectivity index (χ1) is 16.0. The summed E-state index contributed by atoms with van der Waals surface area (Å²) in [5.41, 5.74) is 2.79. The molecule has 0 radical (unpaired) electrons. The lowest BCUT2D eigenvalue weighted by Crippen LogP contribution is -2.29. The van der Waals surface area contributed by atoms with Crippen LogP contribution in [0.15, 0.2) is 72.8 Å². The summed E-state index contributed by atoms with van der Waals surface area (Å²) in [4.78, 5) is 39.6. The Hall–Kier alpha value is -3.58. The Bertz CT molecular complexity index is 1390. The van der Waals surface area contributed by atoms with E-state index in [2.05, 4.69) is 0 Å². The molecule has 0 N–H and O–H groups in total. The van der Waals surface area contributed by atoms with E-state index in [9.17, 15) is 22.8 Å². The lowest BCUT2D eigenvalue weighted by molar-refractivity contribution is 0.0923. The van der Waals surface area contributed by atoms with Gasteiger partial charge in [0.2, 0.25) is 0 Å². The summed E-state index contributed by atoms with van der Waals surface area (Å²) in [5, 5.41) is 0. The Kier molecular flexibility index (Phi) is 6.00. The number of hydrogen-bond acceptors (Lipinski definition) is 5. The SMILES string of the molecule is CC(C)(C)S(=O)(=O)Cc1ccc(C(=O)Cc2ccc3c(c2)C(=O)N(c2ccccc2)C3=O)cc1. The lowest BCUT2D eigenvalue weighted by atomic mass is 9.99. The number of amides is 2. The average Bonchev–Trinajstić information content (AvgIpc) is 3.03. The minimum absolute atomic E-state index is 0.0553. The first-order valence-electron chi connectivity index (χ1n) is 10.9. The highest BCUT2D eigenvalue weighted by molar-refractivity contribution is 7.91. The second kappa shape index (κ2) is 8.65. The van der Waals surface area contributed by atoms with Gasteiger partial charge in [0.05, 0.1) is 27.3 Å². The summed E-state index contributed by atoms with van der Waals surface area (Å²) in [6.45, 7) is 4.98. The number of hydrogen-bond donors (Lipinski definition) is 0. The Labute approximate surface area is 199 Å². The molecule has 0 saturated heterocycles. The molecule has 7 heteroatoms. The van der Waals surface area contributed by atoms with Gasteiger partial charge in [-0.2, -0.15) is 0 Å². The summed E-state index contributed by atoms with van der Waals surface area (Å²) in [6, 6.07) is 20.1. The molecule has 0 spiro atoms. The van der Waals surface area contributed by atoms with Gasteiger partial charge in [-0.3, -0.25) is 14.4 Å². The van der Waals surface area contributed by atoms with Gasteiger partial charge >= 0.3 is 0 Å². The second-order valence-corrected chi connectivity index (χ2v) is 12.1. The highest BCUT2D eigenvalue weighted by Crippen LogP contribution is 2.29. The Morgan fingerprint density at radius 2 is 1.38 bits per heavy atom. The molecule has 1 aliphatic rings. The van der Waals surface area contributed by atoms with E-state index in [0.29, 0.717) is 27.9 Å². The Morgan fingerprint density at radius 1 is 0.794 bits per heavy atom. The van der Waals surface area contributed by atoms with Crippen molar-refractivity contribution in [2.75, 3.05) is 4.90 Å². The smallest absolute Gasteiger partial charge is 0.266 e. The number of ketones is 1. The number of Topliss-reactive ketones (excluding diaryl/α,β-unsaturated/α-hetero) is 1. The third-order valence-electron chi connectivity index (χ3n) is 5.90. The van der Waals surface area contributed by atoms with Gasteiger partial charge in [-0.1, -0.05) is 48.5 Å². The average molecular weight is 476 g/mol. The molecule has 2 amide bonds. The molecule has 3 aromatic rings. The van der Waals surface area contributed by atoms with E-state index in [1.54, 1.807) is 93.6 Å². The van der Waals surface area contributed by atoms with Crippen LogP contribution in [0.4, 0.5) is 5.69 Å². The monoisotopic (exact) mass is 475 g/mol. The van der Waals surface area contributed by atoms with Crippen LogP contribution in [0, 0.1) is 0 Å². The van der Waals surface area contributed by atoms with E-state index >= 15 is 0 Å². The summed E-state index contributed by atoms with van der Waals surface area (Å²) in [6.07, 6.45) is 0.0553. The van der Waals surface area contributed by atoms with Crippen LogP contribution in [0.25, 0.3) is 0 Å². The largest absolute Gasteiger partial charge is 0.294 e. The van der Waals surface area contributed by atoms with Gasteiger partial charge in [0.15, 0.2) is 15.6 Å². The van der Waals surface area contributed by atoms with Crippen LogP contribution >= 0.6 is 0 Å². The number of benzene rings is 3. The van der Waals surface area contributed by atoms with Gasteiger partial charge in [-0.25, -0.2) is 13.3 Å². The van der Waals surface area contributed by atoms with Crippen molar-refractivity contribution < 1.29 is 22.8 Å². The maximum Gasteiger partial charge on any atom is 0.266 e. The van der Waals surface area contributed by atoms with E-state index in [1.807, 2.05) is 0 Å². The van der Waals surface area contributed by atoms with Crippen LogP contribution in [-0.4, -0.2) is 30.8 Å². The fourth-order valence-corrected chi connectivity index (χ4v) is 4.78. The standard InChI is InChI=1S/C27H25NO5S/c1-27(2,3)34(32,33)17-18-9-12-20(13-10-18)24(29)16-19-11-14-22-23(15-19)26(31)28(25(22)30)21-7-5-4-6-8-21/h4-15H,16-17H2,1-3H3. The van der Waals surface area contributed by atoms with Crippen molar-refractivity contribution in [1.29, 1.82) is 0 Å². The van der Waals surface area contributed by atoms with E-state index in [-0.39, 0.29) is 29.4 Å². The third-order valence-corrected chi connectivity index (χ3v) is 8.48. The normalized spacial score (nSPS) is 13.8. The maximum absolute atomic E-state index is 12.9. The highest BCUT2D eigenvalue weighted by atomic mass is 32.2. The van der Waals surface area contributed by atoms with Crippen molar-refractivity contribution >= 4 is 33.1 Å². The molecule has 0 atom stereocenters. The predicted octanol–water partition coefficient (Wildman–Crippen LogP) is 4.63. The molecule has 3 aromatic carbocycles. The van der Waals surface area contributed by atoms with Crippen molar-refractivity contribution in [3.05, 3.63) is 101 Å². The van der Waals surface area contributed by atoms with Crippen molar-refractivity contribution in [1.82, 2.24) is 0 Å². The third kappa shape index (κ3) is 4.43. The molecule has 34 heavy (non-hydrogen) atoms. The van der Waals surface area contributed by atoms with Crippen molar-refractivity contribution in [2.24, 2.45) is 0 Å². The van der Waals surface area contributed by atoms with E-state index in [4.69, 9.17) is 0 Å². The van der Waals surface area contributed by atoms with Gasteiger partial charge in [0.25, 0.3) is 11.8 Å². The number of carbonyl (C=O) groups is 3. The van der Waals surface area contributed by atoms with Crippen molar-refractivity contribution in [3.8, 4) is 0 Å². The summed E-state index contributed by atoms with van der Waals surface area (Å²) < 4.78 is 24.0. The maximum atomic E-state index is 12.9. The fourth-order valence-electron chi connectivity index (χ4n) is 3.72. The van der Waals surface area contributed by atoms with Crippen LogP contribution in [-0.2, 0) is 22.0 Å². The van der Waals surface area contributed by atoms with E-state index in [1.165, 1.54) is 0 Å². The van der Waals surface area contributed by atoms with Crippen molar-refractivity contribution in [3.63, 3.8) is 0 Å².